The molecule has 5 heteroatoms. The van der Waals surface area contributed by atoms with Crippen LogP contribution in [0.2, 0.25) is 0 Å². The maximum atomic E-state index is 12.3. The van der Waals surface area contributed by atoms with Crippen molar-refractivity contribution in [3.8, 4) is 0 Å². The van der Waals surface area contributed by atoms with E-state index in [0.717, 1.165) is 23.7 Å². The first kappa shape index (κ1) is 13.7. The first-order chi connectivity index (χ1) is 10.2. The Labute approximate surface area is 122 Å². The Morgan fingerprint density at radius 2 is 2.14 bits per heavy atom. The van der Waals surface area contributed by atoms with Crippen LogP contribution in [0.15, 0.2) is 30.5 Å². The van der Waals surface area contributed by atoms with Gasteiger partial charge >= 0.3 is 5.97 Å². The summed E-state index contributed by atoms with van der Waals surface area (Å²) in [6.45, 7) is 0.424. The van der Waals surface area contributed by atoms with Crippen molar-refractivity contribution in [3.63, 3.8) is 0 Å². The molecule has 1 aromatic carbocycles. The van der Waals surface area contributed by atoms with E-state index in [1.165, 1.54) is 0 Å². The third-order valence-electron chi connectivity index (χ3n) is 4.33. The van der Waals surface area contributed by atoms with Gasteiger partial charge in [-0.1, -0.05) is 18.6 Å². The van der Waals surface area contributed by atoms with E-state index in [1.807, 2.05) is 18.2 Å². The van der Waals surface area contributed by atoms with Crippen LogP contribution in [0.4, 0.5) is 0 Å². The third-order valence-corrected chi connectivity index (χ3v) is 4.33. The molecule has 21 heavy (non-hydrogen) atoms. The van der Waals surface area contributed by atoms with E-state index in [4.69, 9.17) is 5.11 Å². The van der Waals surface area contributed by atoms with Crippen LogP contribution in [-0.4, -0.2) is 28.5 Å². The molecule has 1 saturated carbocycles. The minimum atomic E-state index is -0.752. The molecule has 0 bridgehead atoms. The summed E-state index contributed by atoms with van der Waals surface area (Å²) in [5.41, 5.74) is 1.42. The number of benzene rings is 1. The average Bonchev–Trinajstić information content (AvgIpc) is 3.12. The maximum absolute atomic E-state index is 12.3. The monoisotopic (exact) mass is 286 g/mol. The topological polar surface area (TPSA) is 82.2 Å². The average molecular weight is 286 g/mol. The van der Waals surface area contributed by atoms with Gasteiger partial charge in [0.1, 0.15) is 0 Å². The van der Waals surface area contributed by atoms with E-state index < -0.39 is 5.97 Å². The number of carbonyl (C=O) groups excluding carboxylic acids is 1. The van der Waals surface area contributed by atoms with Gasteiger partial charge in [-0.3, -0.25) is 9.59 Å². The second-order valence-corrected chi connectivity index (χ2v) is 5.59. The lowest BCUT2D eigenvalue weighted by molar-refractivity contribution is -0.142. The number of para-hydroxylation sites is 1. The quantitative estimate of drug-likeness (QED) is 0.807. The summed E-state index contributed by atoms with van der Waals surface area (Å²) in [4.78, 5) is 26.5. The summed E-state index contributed by atoms with van der Waals surface area (Å²) >= 11 is 0. The highest BCUT2D eigenvalue weighted by Crippen LogP contribution is 2.31. The van der Waals surface area contributed by atoms with Crippen molar-refractivity contribution < 1.29 is 14.7 Å². The van der Waals surface area contributed by atoms with Crippen molar-refractivity contribution in [2.24, 2.45) is 11.8 Å². The van der Waals surface area contributed by atoms with Gasteiger partial charge in [-0.2, -0.15) is 0 Å². The van der Waals surface area contributed by atoms with Gasteiger partial charge in [-0.25, -0.2) is 0 Å². The molecule has 1 heterocycles. The molecule has 1 fully saturated rings. The van der Waals surface area contributed by atoms with Crippen molar-refractivity contribution in [3.05, 3.63) is 36.0 Å². The molecule has 0 radical (unpaired) electrons. The van der Waals surface area contributed by atoms with E-state index in [2.05, 4.69) is 10.3 Å². The SMILES string of the molecule is O=C(NCC1CCCC1C(=O)O)c1cccc2cc[nH]c12. The number of rotatable bonds is 4. The van der Waals surface area contributed by atoms with Crippen LogP contribution in [0.25, 0.3) is 10.9 Å². The molecule has 0 aliphatic heterocycles. The van der Waals surface area contributed by atoms with Crippen molar-refractivity contribution in [2.75, 3.05) is 6.54 Å². The molecule has 110 valence electrons. The zero-order valence-electron chi connectivity index (χ0n) is 11.6. The molecule has 1 amide bonds. The van der Waals surface area contributed by atoms with Gasteiger partial charge in [-0.15, -0.1) is 0 Å². The molecule has 3 N–H and O–H groups in total. The Bertz CT molecular complexity index is 677. The second kappa shape index (κ2) is 5.60. The highest BCUT2D eigenvalue weighted by Gasteiger charge is 2.32. The van der Waals surface area contributed by atoms with Crippen molar-refractivity contribution in [1.82, 2.24) is 10.3 Å². The molecule has 2 aromatic rings. The molecule has 1 aliphatic carbocycles. The lowest BCUT2D eigenvalue weighted by atomic mass is 9.96. The van der Waals surface area contributed by atoms with E-state index in [1.54, 1.807) is 12.3 Å². The molecule has 2 atom stereocenters. The minimum absolute atomic E-state index is 0.0364. The van der Waals surface area contributed by atoms with Crippen LogP contribution < -0.4 is 5.32 Å². The fourth-order valence-electron chi connectivity index (χ4n) is 3.20. The summed E-state index contributed by atoms with van der Waals surface area (Å²) in [6.07, 6.45) is 4.30. The van der Waals surface area contributed by atoms with Crippen LogP contribution in [0.3, 0.4) is 0 Å². The Balaban J connectivity index is 1.69. The molecular formula is C16H18N2O3. The Kier molecular flexibility index (Phi) is 3.64. The molecule has 5 nitrogen and oxygen atoms in total. The predicted octanol–water partition coefficient (Wildman–Crippen LogP) is 2.40. The van der Waals surface area contributed by atoms with E-state index in [0.29, 0.717) is 18.5 Å². The molecule has 0 spiro atoms. The highest BCUT2D eigenvalue weighted by molar-refractivity contribution is 6.05. The lowest BCUT2D eigenvalue weighted by Crippen LogP contribution is -2.33. The van der Waals surface area contributed by atoms with Crippen LogP contribution in [0, 0.1) is 11.8 Å². The van der Waals surface area contributed by atoms with E-state index >= 15 is 0 Å². The van der Waals surface area contributed by atoms with Gasteiger partial charge in [-0.05, 0) is 30.9 Å². The van der Waals surface area contributed by atoms with Crippen molar-refractivity contribution in [2.45, 2.75) is 19.3 Å². The van der Waals surface area contributed by atoms with Gasteiger partial charge < -0.3 is 15.4 Å². The number of amides is 1. The normalized spacial score (nSPS) is 21.5. The predicted molar refractivity (Wildman–Crippen MR) is 79.1 cm³/mol. The summed E-state index contributed by atoms with van der Waals surface area (Å²) in [5, 5.41) is 13.0. The molecule has 0 saturated heterocycles. The van der Waals surface area contributed by atoms with Gasteiger partial charge in [0.15, 0.2) is 0 Å². The summed E-state index contributed by atoms with van der Waals surface area (Å²) in [7, 11) is 0. The maximum Gasteiger partial charge on any atom is 0.306 e. The van der Waals surface area contributed by atoms with Gasteiger partial charge in [0.05, 0.1) is 17.0 Å². The van der Waals surface area contributed by atoms with Crippen LogP contribution in [0.5, 0.6) is 0 Å². The Morgan fingerprint density at radius 1 is 1.29 bits per heavy atom. The first-order valence-electron chi connectivity index (χ1n) is 7.24. The second-order valence-electron chi connectivity index (χ2n) is 5.59. The van der Waals surface area contributed by atoms with Crippen LogP contribution in [0.1, 0.15) is 29.6 Å². The number of aromatic nitrogens is 1. The molecule has 1 aromatic heterocycles. The fourth-order valence-corrected chi connectivity index (χ4v) is 3.20. The standard InChI is InChI=1S/C16H18N2O3/c19-15(13-6-1-3-10-7-8-17-14(10)13)18-9-11-4-2-5-12(11)16(20)21/h1,3,6-8,11-12,17H,2,4-5,9H2,(H,18,19)(H,20,21). The number of H-pyrrole nitrogens is 1. The largest absolute Gasteiger partial charge is 0.481 e. The fraction of sp³-hybridized carbons (Fsp3) is 0.375. The minimum Gasteiger partial charge on any atom is -0.481 e. The van der Waals surface area contributed by atoms with E-state index in [9.17, 15) is 9.59 Å². The van der Waals surface area contributed by atoms with E-state index in [-0.39, 0.29) is 17.7 Å². The summed E-state index contributed by atoms with van der Waals surface area (Å²) in [5.74, 6) is -1.20. The highest BCUT2D eigenvalue weighted by atomic mass is 16.4. The number of carbonyl (C=O) groups is 2. The third kappa shape index (κ3) is 2.63. The number of hydrogen-bond acceptors (Lipinski definition) is 2. The molecule has 3 rings (SSSR count). The number of carboxylic acid groups (broad SMARTS) is 1. The number of fused-ring (bicyclic) bond motifs is 1. The van der Waals surface area contributed by atoms with Gasteiger partial charge in [0, 0.05) is 18.1 Å². The zero-order chi connectivity index (χ0) is 14.8. The molecular weight excluding hydrogens is 268 g/mol. The summed E-state index contributed by atoms with van der Waals surface area (Å²) in [6, 6.07) is 7.49. The Morgan fingerprint density at radius 3 is 2.95 bits per heavy atom. The van der Waals surface area contributed by atoms with Crippen molar-refractivity contribution in [1.29, 1.82) is 0 Å². The Hall–Kier alpha value is -2.30. The van der Waals surface area contributed by atoms with Crippen LogP contribution >= 0.6 is 0 Å². The zero-order valence-corrected chi connectivity index (χ0v) is 11.6. The number of carboxylic acids is 1. The van der Waals surface area contributed by atoms with Crippen LogP contribution in [-0.2, 0) is 4.79 Å². The summed E-state index contributed by atoms with van der Waals surface area (Å²) < 4.78 is 0. The molecule has 1 aliphatic rings. The van der Waals surface area contributed by atoms with Gasteiger partial charge in [0.2, 0.25) is 0 Å². The number of nitrogens with one attached hydrogen (secondary N) is 2. The molecule has 2 unspecified atom stereocenters. The number of aromatic amines is 1. The number of aliphatic carboxylic acids is 1. The van der Waals surface area contributed by atoms with Gasteiger partial charge in [0.25, 0.3) is 5.91 Å². The smallest absolute Gasteiger partial charge is 0.306 e. The first-order valence-corrected chi connectivity index (χ1v) is 7.24. The number of hydrogen-bond donors (Lipinski definition) is 3. The van der Waals surface area contributed by atoms with Crippen molar-refractivity contribution >= 4 is 22.8 Å². The lowest BCUT2D eigenvalue weighted by Gasteiger charge is -2.16.